The summed E-state index contributed by atoms with van der Waals surface area (Å²) >= 11 is 0. The second-order valence-corrected chi connectivity index (χ2v) is 4.49. The first-order valence-electron chi connectivity index (χ1n) is 6.06. The van der Waals surface area contributed by atoms with Crippen LogP contribution >= 0.6 is 0 Å². The van der Waals surface area contributed by atoms with Gasteiger partial charge in [-0.05, 0) is 31.0 Å². The minimum absolute atomic E-state index is 0.0189. The number of amides is 1. The van der Waals surface area contributed by atoms with Gasteiger partial charge in [0.05, 0.1) is 0 Å². The second-order valence-electron chi connectivity index (χ2n) is 4.49. The van der Waals surface area contributed by atoms with Gasteiger partial charge in [0, 0.05) is 12.1 Å². The predicted octanol–water partition coefficient (Wildman–Crippen LogP) is 3.23. The van der Waals surface area contributed by atoms with Gasteiger partial charge in [0.1, 0.15) is 0 Å². The smallest absolute Gasteiger partial charge is 0.251 e. The molecule has 2 aromatic carbocycles. The summed E-state index contributed by atoms with van der Waals surface area (Å²) in [4.78, 5) is 12.0. The molecule has 0 heterocycles. The first-order chi connectivity index (χ1) is 8.66. The van der Waals surface area contributed by atoms with Crippen molar-refractivity contribution in [1.29, 1.82) is 0 Å². The Bertz CT molecular complexity index is 561. The van der Waals surface area contributed by atoms with E-state index in [1.165, 1.54) is 5.56 Å². The van der Waals surface area contributed by atoms with E-state index >= 15 is 0 Å². The van der Waals surface area contributed by atoms with Crippen molar-refractivity contribution in [3.8, 4) is 0 Å². The highest BCUT2D eigenvalue weighted by Crippen LogP contribution is 2.08. The molecule has 0 bridgehead atoms. The lowest BCUT2D eigenvalue weighted by Crippen LogP contribution is -2.23. The zero-order valence-electron chi connectivity index (χ0n) is 10.7. The molecular weight excluding hydrogens is 222 g/mol. The molecule has 0 spiro atoms. The van der Waals surface area contributed by atoms with Crippen LogP contribution in [0, 0.1) is 13.8 Å². The number of benzene rings is 2. The molecular formula is C16H17NO. The number of hydrogen-bond donors (Lipinski definition) is 1. The second kappa shape index (κ2) is 5.50. The van der Waals surface area contributed by atoms with Crippen molar-refractivity contribution in [3.63, 3.8) is 0 Å². The van der Waals surface area contributed by atoms with E-state index in [0.29, 0.717) is 6.54 Å². The van der Waals surface area contributed by atoms with Crippen LogP contribution in [-0.4, -0.2) is 5.91 Å². The molecule has 2 aromatic rings. The number of hydrogen-bond acceptors (Lipinski definition) is 1. The maximum atomic E-state index is 12.0. The molecule has 0 radical (unpaired) electrons. The van der Waals surface area contributed by atoms with Crippen molar-refractivity contribution in [2.75, 3.05) is 0 Å². The predicted molar refractivity (Wildman–Crippen MR) is 73.5 cm³/mol. The monoisotopic (exact) mass is 239 g/mol. The van der Waals surface area contributed by atoms with E-state index in [1.54, 1.807) is 0 Å². The maximum Gasteiger partial charge on any atom is 0.251 e. The molecule has 2 heteroatoms. The maximum absolute atomic E-state index is 12.0. The highest BCUT2D eigenvalue weighted by atomic mass is 16.1. The van der Waals surface area contributed by atoms with Crippen molar-refractivity contribution in [1.82, 2.24) is 5.32 Å². The van der Waals surface area contributed by atoms with Gasteiger partial charge in [-0.15, -0.1) is 0 Å². The quantitative estimate of drug-likeness (QED) is 0.875. The standard InChI is InChI=1S/C16H17NO/c1-12-6-5-8-14(10-12)11-17-16(18)15-9-4-3-7-13(15)2/h3-10H,11H2,1-2H3,(H,17,18). The summed E-state index contributed by atoms with van der Waals surface area (Å²) in [5, 5.41) is 2.94. The van der Waals surface area contributed by atoms with E-state index in [4.69, 9.17) is 0 Å². The third-order valence-corrected chi connectivity index (χ3v) is 2.93. The molecule has 92 valence electrons. The van der Waals surface area contributed by atoms with Crippen LogP contribution in [-0.2, 0) is 6.54 Å². The summed E-state index contributed by atoms with van der Waals surface area (Å²) in [6.07, 6.45) is 0. The molecule has 0 aliphatic rings. The van der Waals surface area contributed by atoms with Crippen molar-refractivity contribution in [3.05, 3.63) is 70.8 Å². The zero-order valence-corrected chi connectivity index (χ0v) is 10.7. The fourth-order valence-corrected chi connectivity index (χ4v) is 1.93. The van der Waals surface area contributed by atoms with E-state index in [-0.39, 0.29) is 5.91 Å². The Balaban J connectivity index is 2.03. The van der Waals surface area contributed by atoms with E-state index in [2.05, 4.69) is 11.4 Å². The summed E-state index contributed by atoms with van der Waals surface area (Å²) in [5.41, 5.74) is 4.07. The Morgan fingerprint density at radius 2 is 1.83 bits per heavy atom. The summed E-state index contributed by atoms with van der Waals surface area (Å²) in [6, 6.07) is 15.8. The average molecular weight is 239 g/mol. The minimum Gasteiger partial charge on any atom is -0.348 e. The van der Waals surface area contributed by atoms with Gasteiger partial charge in [-0.25, -0.2) is 0 Å². The highest BCUT2D eigenvalue weighted by Gasteiger charge is 2.07. The molecule has 0 saturated heterocycles. The van der Waals surface area contributed by atoms with Crippen molar-refractivity contribution in [2.45, 2.75) is 20.4 Å². The van der Waals surface area contributed by atoms with Crippen LogP contribution in [0.25, 0.3) is 0 Å². The van der Waals surface area contributed by atoms with E-state index in [1.807, 2.05) is 56.3 Å². The SMILES string of the molecule is Cc1cccc(CNC(=O)c2ccccc2C)c1. The van der Waals surface area contributed by atoms with E-state index < -0.39 is 0 Å². The van der Waals surface area contributed by atoms with Gasteiger partial charge in [0.15, 0.2) is 0 Å². The molecule has 0 atom stereocenters. The number of aryl methyl sites for hydroxylation is 2. The van der Waals surface area contributed by atoms with Gasteiger partial charge >= 0.3 is 0 Å². The molecule has 1 amide bonds. The van der Waals surface area contributed by atoms with Gasteiger partial charge in [-0.1, -0.05) is 48.0 Å². The number of rotatable bonds is 3. The lowest BCUT2D eigenvalue weighted by Gasteiger charge is -2.08. The van der Waals surface area contributed by atoms with Crippen LogP contribution in [0.15, 0.2) is 48.5 Å². The number of carbonyl (C=O) groups is 1. The van der Waals surface area contributed by atoms with Gasteiger partial charge in [-0.3, -0.25) is 4.79 Å². The molecule has 0 fully saturated rings. The molecule has 0 unspecified atom stereocenters. The van der Waals surface area contributed by atoms with Gasteiger partial charge in [-0.2, -0.15) is 0 Å². The van der Waals surface area contributed by atoms with Crippen LogP contribution < -0.4 is 5.32 Å². The number of carbonyl (C=O) groups excluding carboxylic acids is 1. The van der Waals surface area contributed by atoms with Gasteiger partial charge in [0.2, 0.25) is 0 Å². The fraction of sp³-hybridized carbons (Fsp3) is 0.188. The average Bonchev–Trinajstić information content (AvgIpc) is 2.37. The number of nitrogens with one attached hydrogen (secondary N) is 1. The summed E-state index contributed by atoms with van der Waals surface area (Å²) in [5.74, 6) is -0.0189. The Hall–Kier alpha value is -2.09. The van der Waals surface area contributed by atoms with Crippen molar-refractivity contribution in [2.24, 2.45) is 0 Å². The van der Waals surface area contributed by atoms with Gasteiger partial charge < -0.3 is 5.32 Å². The molecule has 2 rings (SSSR count). The first-order valence-corrected chi connectivity index (χ1v) is 6.06. The van der Waals surface area contributed by atoms with Crippen molar-refractivity contribution < 1.29 is 4.79 Å². The van der Waals surface area contributed by atoms with Crippen LogP contribution in [0.2, 0.25) is 0 Å². The molecule has 0 aromatic heterocycles. The molecule has 2 nitrogen and oxygen atoms in total. The Kier molecular flexibility index (Phi) is 3.78. The third kappa shape index (κ3) is 2.98. The minimum atomic E-state index is -0.0189. The normalized spacial score (nSPS) is 10.1. The summed E-state index contributed by atoms with van der Waals surface area (Å²) in [6.45, 7) is 4.56. The van der Waals surface area contributed by atoms with Crippen LogP contribution in [0.3, 0.4) is 0 Å². The lowest BCUT2D eigenvalue weighted by atomic mass is 10.1. The van der Waals surface area contributed by atoms with E-state index in [0.717, 1.165) is 16.7 Å². The third-order valence-electron chi connectivity index (χ3n) is 2.93. The Morgan fingerprint density at radius 1 is 1.06 bits per heavy atom. The van der Waals surface area contributed by atoms with E-state index in [9.17, 15) is 4.79 Å². The van der Waals surface area contributed by atoms with Crippen LogP contribution in [0.5, 0.6) is 0 Å². The largest absolute Gasteiger partial charge is 0.348 e. The molecule has 1 N–H and O–H groups in total. The first kappa shape index (κ1) is 12.4. The topological polar surface area (TPSA) is 29.1 Å². The highest BCUT2D eigenvalue weighted by molar-refractivity contribution is 5.95. The van der Waals surface area contributed by atoms with Gasteiger partial charge in [0.25, 0.3) is 5.91 Å². The van der Waals surface area contributed by atoms with Crippen LogP contribution in [0.1, 0.15) is 27.0 Å². The Morgan fingerprint density at radius 3 is 2.56 bits per heavy atom. The van der Waals surface area contributed by atoms with Crippen LogP contribution in [0.4, 0.5) is 0 Å². The summed E-state index contributed by atoms with van der Waals surface area (Å²) < 4.78 is 0. The van der Waals surface area contributed by atoms with Crippen molar-refractivity contribution >= 4 is 5.91 Å². The molecule has 18 heavy (non-hydrogen) atoms. The molecule has 0 aliphatic heterocycles. The zero-order chi connectivity index (χ0) is 13.0. The molecule has 0 aliphatic carbocycles. The molecule has 0 saturated carbocycles. The summed E-state index contributed by atoms with van der Waals surface area (Å²) in [7, 11) is 0. The lowest BCUT2D eigenvalue weighted by molar-refractivity contribution is 0.0950. The Labute approximate surface area is 108 Å². The fourth-order valence-electron chi connectivity index (χ4n) is 1.93.